The zero-order valence-electron chi connectivity index (χ0n) is 13.9. The maximum Gasteiger partial charge on any atom is 0.319 e. The van der Waals surface area contributed by atoms with Gasteiger partial charge in [0.2, 0.25) is 0 Å². The van der Waals surface area contributed by atoms with Gasteiger partial charge in [-0.15, -0.1) is 0 Å². The Morgan fingerprint density at radius 2 is 2.08 bits per heavy atom. The molecule has 0 spiro atoms. The maximum atomic E-state index is 12.8. The second-order valence-electron chi connectivity index (χ2n) is 6.52. The fourth-order valence-corrected chi connectivity index (χ4v) is 3.11. The highest BCUT2D eigenvalue weighted by Gasteiger charge is 2.25. The van der Waals surface area contributed by atoms with Crippen molar-refractivity contribution >= 4 is 23.3 Å². The first-order valence-corrected chi connectivity index (χ1v) is 8.63. The molecule has 128 valence electrons. The predicted molar refractivity (Wildman–Crippen MR) is 95.9 cm³/mol. The van der Waals surface area contributed by atoms with Crippen LogP contribution in [0.4, 0.5) is 16.2 Å². The first-order chi connectivity index (χ1) is 12.2. The average Bonchev–Trinajstić information content (AvgIpc) is 3.45. The number of rotatable bonds is 3. The molecule has 1 saturated carbocycles. The number of benzene rings is 1. The van der Waals surface area contributed by atoms with Crippen LogP contribution < -0.4 is 15.5 Å². The lowest BCUT2D eigenvalue weighted by atomic mass is 10.00. The van der Waals surface area contributed by atoms with Crippen LogP contribution in [0.2, 0.25) is 0 Å². The van der Waals surface area contributed by atoms with Crippen molar-refractivity contribution in [2.24, 2.45) is 0 Å². The Kier molecular flexibility index (Phi) is 4.09. The highest BCUT2D eigenvalue weighted by molar-refractivity contribution is 6.06. The summed E-state index contributed by atoms with van der Waals surface area (Å²) >= 11 is 0. The van der Waals surface area contributed by atoms with Crippen molar-refractivity contribution in [1.29, 1.82) is 0 Å². The van der Waals surface area contributed by atoms with Crippen molar-refractivity contribution in [3.05, 3.63) is 53.9 Å². The predicted octanol–water partition coefficient (Wildman–Crippen LogP) is 2.96. The Morgan fingerprint density at radius 1 is 1.20 bits per heavy atom. The van der Waals surface area contributed by atoms with E-state index in [0.29, 0.717) is 18.2 Å². The zero-order chi connectivity index (χ0) is 17.2. The van der Waals surface area contributed by atoms with Crippen molar-refractivity contribution < 1.29 is 9.59 Å². The number of fused-ring (bicyclic) bond motifs is 1. The molecule has 1 aromatic carbocycles. The molecule has 2 aromatic rings. The molecule has 0 unspecified atom stereocenters. The van der Waals surface area contributed by atoms with Gasteiger partial charge in [-0.2, -0.15) is 0 Å². The Bertz CT molecular complexity index is 802. The van der Waals surface area contributed by atoms with Crippen molar-refractivity contribution in [2.45, 2.75) is 31.7 Å². The highest BCUT2D eigenvalue weighted by atomic mass is 16.2. The zero-order valence-corrected chi connectivity index (χ0v) is 13.9. The van der Waals surface area contributed by atoms with E-state index in [2.05, 4.69) is 15.6 Å². The lowest BCUT2D eigenvalue weighted by Crippen LogP contribution is -2.35. The molecule has 1 aromatic heterocycles. The molecule has 2 heterocycles. The molecule has 1 aliphatic carbocycles. The van der Waals surface area contributed by atoms with E-state index in [4.69, 9.17) is 0 Å². The molecule has 1 fully saturated rings. The summed E-state index contributed by atoms with van der Waals surface area (Å²) in [7, 11) is 0. The summed E-state index contributed by atoms with van der Waals surface area (Å²) in [6.45, 7) is 0.690. The number of anilines is 2. The molecule has 25 heavy (non-hydrogen) atoms. The van der Waals surface area contributed by atoms with E-state index in [1.165, 1.54) is 0 Å². The third-order valence-electron chi connectivity index (χ3n) is 4.52. The Labute approximate surface area is 146 Å². The van der Waals surface area contributed by atoms with E-state index in [1.807, 2.05) is 18.2 Å². The second-order valence-corrected chi connectivity index (χ2v) is 6.52. The summed E-state index contributed by atoms with van der Waals surface area (Å²) < 4.78 is 0. The minimum Gasteiger partial charge on any atom is -0.335 e. The highest BCUT2D eigenvalue weighted by Crippen LogP contribution is 2.31. The van der Waals surface area contributed by atoms with Gasteiger partial charge < -0.3 is 15.5 Å². The lowest BCUT2D eigenvalue weighted by Gasteiger charge is -2.30. The number of urea groups is 1. The number of carbonyl (C=O) groups is 2. The second kappa shape index (κ2) is 6.55. The van der Waals surface area contributed by atoms with Crippen molar-refractivity contribution in [3.63, 3.8) is 0 Å². The molecule has 0 atom stereocenters. The van der Waals surface area contributed by atoms with Crippen LogP contribution in [0.1, 0.15) is 35.2 Å². The first-order valence-electron chi connectivity index (χ1n) is 8.63. The van der Waals surface area contributed by atoms with Gasteiger partial charge >= 0.3 is 6.03 Å². The summed E-state index contributed by atoms with van der Waals surface area (Å²) in [6.07, 6.45) is 7.16. The van der Waals surface area contributed by atoms with Crippen LogP contribution in [0.25, 0.3) is 0 Å². The molecule has 2 aliphatic rings. The number of aryl methyl sites for hydroxylation is 1. The number of pyridine rings is 1. The van der Waals surface area contributed by atoms with Crippen LogP contribution in [0.5, 0.6) is 0 Å². The topological polar surface area (TPSA) is 74.3 Å². The number of aromatic nitrogens is 1. The summed E-state index contributed by atoms with van der Waals surface area (Å²) in [6, 6.07) is 9.43. The minimum atomic E-state index is -0.165. The third-order valence-corrected chi connectivity index (χ3v) is 4.52. The number of nitrogens with zero attached hydrogens (tertiary/aromatic N) is 2. The molecule has 2 N–H and O–H groups in total. The van der Waals surface area contributed by atoms with Gasteiger partial charge in [0.25, 0.3) is 5.91 Å². The van der Waals surface area contributed by atoms with E-state index < -0.39 is 0 Å². The van der Waals surface area contributed by atoms with Gasteiger partial charge in [0.15, 0.2) is 0 Å². The Morgan fingerprint density at radius 3 is 2.84 bits per heavy atom. The first kappa shape index (κ1) is 15.6. The average molecular weight is 336 g/mol. The van der Waals surface area contributed by atoms with Gasteiger partial charge in [-0.3, -0.25) is 9.78 Å². The van der Waals surface area contributed by atoms with Gasteiger partial charge in [0.1, 0.15) is 0 Å². The van der Waals surface area contributed by atoms with Crippen molar-refractivity contribution in [2.75, 3.05) is 16.8 Å². The molecule has 6 nitrogen and oxygen atoms in total. The van der Waals surface area contributed by atoms with Crippen LogP contribution in [-0.2, 0) is 6.42 Å². The van der Waals surface area contributed by atoms with Crippen molar-refractivity contribution in [3.8, 4) is 0 Å². The molecule has 4 rings (SSSR count). The van der Waals surface area contributed by atoms with Crippen LogP contribution in [-0.4, -0.2) is 29.5 Å². The number of hydrogen-bond donors (Lipinski definition) is 2. The van der Waals surface area contributed by atoms with E-state index in [1.54, 1.807) is 29.4 Å². The van der Waals surface area contributed by atoms with Crippen LogP contribution in [0.15, 0.2) is 42.7 Å². The number of amides is 3. The van der Waals surface area contributed by atoms with Crippen LogP contribution >= 0.6 is 0 Å². The quantitative estimate of drug-likeness (QED) is 0.905. The van der Waals surface area contributed by atoms with Gasteiger partial charge in [-0.05, 0) is 61.6 Å². The number of carbonyl (C=O) groups excluding carboxylic acids is 2. The largest absolute Gasteiger partial charge is 0.335 e. The fraction of sp³-hybridized carbons (Fsp3) is 0.316. The smallest absolute Gasteiger partial charge is 0.319 e. The summed E-state index contributed by atoms with van der Waals surface area (Å²) in [5.41, 5.74) is 3.33. The standard InChI is InChI=1S/C19H20N4O2/c24-18(14-3-1-9-20-12-14)23-10-2-4-13-11-16(7-8-17(13)23)22-19(25)21-15-5-6-15/h1,3,7-9,11-12,15H,2,4-6,10H2,(H2,21,22,25). The van der Waals surface area contributed by atoms with Gasteiger partial charge in [0.05, 0.1) is 5.56 Å². The van der Waals surface area contributed by atoms with Crippen LogP contribution in [0, 0.1) is 0 Å². The minimum absolute atomic E-state index is 0.0405. The number of nitrogens with one attached hydrogen (secondary N) is 2. The van der Waals surface area contributed by atoms with Gasteiger partial charge in [-0.1, -0.05) is 0 Å². The van der Waals surface area contributed by atoms with Gasteiger partial charge in [0, 0.05) is 36.4 Å². The Hall–Kier alpha value is -2.89. The third kappa shape index (κ3) is 3.47. The van der Waals surface area contributed by atoms with Gasteiger partial charge in [-0.25, -0.2) is 4.79 Å². The van der Waals surface area contributed by atoms with E-state index in [9.17, 15) is 9.59 Å². The Balaban J connectivity index is 1.53. The fourth-order valence-electron chi connectivity index (χ4n) is 3.11. The summed E-state index contributed by atoms with van der Waals surface area (Å²) in [4.78, 5) is 30.5. The van der Waals surface area contributed by atoms with Crippen LogP contribution in [0.3, 0.4) is 0 Å². The lowest BCUT2D eigenvalue weighted by molar-refractivity contribution is 0.0984. The molecule has 3 amide bonds. The maximum absolute atomic E-state index is 12.8. The number of hydrogen-bond acceptors (Lipinski definition) is 3. The molecule has 0 bridgehead atoms. The molecular formula is C19H20N4O2. The normalized spacial score (nSPS) is 16.1. The van der Waals surface area contributed by atoms with E-state index in [0.717, 1.165) is 42.6 Å². The van der Waals surface area contributed by atoms with Crippen molar-refractivity contribution in [1.82, 2.24) is 10.3 Å². The molecule has 1 aliphatic heterocycles. The monoisotopic (exact) mass is 336 g/mol. The molecule has 6 heteroatoms. The summed E-state index contributed by atoms with van der Waals surface area (Å²) in [5, 5.41) is 5.79. The molecule has 0 radical (unpaired) electrons. The van der Waals surface area contributed by atoms with E-state index in [-0.39, 0.29) is 11.9 Å². The summed E-state index contributed by atoms with van der Waals surface area (Å²) in [5.74, 6) is -0.0405. The SMILES string of the molecule is O=C(Nc1ccc2c(c1)CCCN2C(=O)c1cccnc1)NC1CC1. The molecular weight excluding hydrogens is 316 g/mol. The molecule has 0 saturated heterocycles. The van der Waals surface area contributed by atoms with E-state index >= 15 is 0 Å².